The van der Waals surface area contributed by atoms with Crippen molar-refractivity contribution < 1.29 is 0 Å². The normalized spacial score (nSPS) is 17.1. The molecule has 3 aliphatic carbocycles. The second-order valence-electron chi connectivity index (χ2n) is 13.7. The summed E-state index contributed by atoms with van der Waals surface area (Å²) >= 11 is 0. The molecule has 0 saturated carbocycles. The largest absolute Gasteiger partial charge is 0.309 e. The van der Waals surface area contributed by atoms with Gasteiger partial charge >= 0.3 is 0 Å². The van der Waals surface area contributed by atoms with E-state index in [1.807, 2.05) is 0 Å². The highest BCUT2D eigenvalue weighted by Crippen LogP contribution is 2.57. The van der Waals surface area contributed by atoms with Crippen LogP contribution in [0.5, 0.6) is 0 Å². The third kappa shape index (κ3) is 3.23. The Morgan fingerprint density at radius 3 is 1.91 bits per heavy atom. The number of rotatable bonds is 2. The van der Waals surface area contributed by atoms with Gasteiger partial charge in [-0.2, -0.15) is 0 Å². The molecule has 43 heavy (non-hydrogen) atoms. The summed E-state index contributed by atoms with van der Waals surface area (Å²) in [6.45, 7) is 9.65. The van der Waals surface area contributed by atoms with Crippen LogP contribution in [0, 0.1) is 0 Å². The van der Waals surface area contributed by atoms with E-state index in [0.29, 0.717) is 0 Å². The highest BCUT2D eigenvalue weighted by Gasteiger charge is 2.42. The lowest BCUT2D eigenvalue weighted by molar-refractivity contribution is 0.652. The Morgan fingerprint density at radius 1 is 0.535 bits per heavy atom. The van der Waals surface area contributed by atoms with Gasteiger partial charge in [-0.3, -0.25) is 0 Å². The number of benzene rings is 5. The van der Waals surface area contributed by atoms with Crippen LogP contribution < -0.4 is 0 Å². The molecule has 0 saturated heterocycles. The molecule has 0 atom stereocenters. The zero-order chi connectivity index (χ0) is 29.1. The molecule has 0 radical (unpaired) electrons. The molecule has 0 unspecified atom stereocenters. The monoisotopic (exact) mass is 553 g/mol. The Morgan fingerprint density at radius 2 is 1.19 bits per heavy atom. The first-order valence-corrected chi connectivity index (χ1v) is 15.7. The van der Waals surface area contributed by atoms with Crippen molar-refractivity contribution in [2.24, 2.45) is 0 Å². The second kappa shape index (κ2) is 8.48. The molecule has 0 spiro atoms. The summed E-state index contributed by atoms with van der Waals surface area (Å²) in [6.07, 6.45) is 9.33. The van der Waals surface area contributed by atoms with E-state index in [9.17, 15) is 0 Å². The predicted molar refractivity (Wildman–Crippen MR) is 182 cm³/mol. The van der Waals surface area contributed by atoms with Crippen LogP contribution in [0.2, 0.25) is 0 Å². The molecule has 1 aromatic heterocycles. The number of aromatic nitrogens is 1. The maximum absolute atomic E-state index is 2.55. The third-order valence-corrected chi connectivity index (χ3v) is 10.6. The first-order chi connectivity index (χ1) is 20.9. The Bertz CT molecular complexity index is 2180. The van der Waals surface area contributed by atoms with E-state index < -0.39 is 0 Å². The topological polar surface area (TPSA) is 4.93 Å². The Labute approximate surface area is 253 Å². The summed E-state index contributed by atoms with van der Waals surface area (Å²) < 4.78 is 2.45. The average Bonchev–Trinajstić information content (AvgIpc) is 3.57. The summed E-state index contributed by atoms with van der Waals surface area (Å²) in [6, 6.07) is 36.8. The van der Waals surface area contributed by atoms with Crippen LogP contribution in [0.3, 0.4) is 0 Å². The maximum Gasteiger partial charge on any atom is 0.0541 e. The smallest absolute Gasteiger partial charge is 0.0541 e. The third-order valence-electron chi connectivity index (χ3n) is 10.6. The van der Waals surface area contributed by atoms with E-state index >= 15 is 0 Å². The second-order valence-corrected chi connectivity index (χ2v) is 13.7. The molecule has 0 aliphatic heterocycles. The number of para-hydroxylation sites is 2. The highest BCUT2D eigenvalue weighted by molar-refractivity contribution is 6.09. The Hall–Kier alpha value is -4.62. The van der Waals surface area contributed by atoms with Crippen molar-refractivity contribution in [3.05, 3.63) is 143 Å². The lowest BCUT2D eigenvalue weighted by Crippen LogP contribution is -2.17. The fraction of sp³-hybridized carbons (Fsp3) is 0.190. The summed E-state index contributed by atoms with van der Waals surface area (Å²) in [5, 5.41) is 2.61. The number of hydrogen-bond acceptors (Lipinski definition) is 0. The van der Waals surface area contributed by atoms with E-state index in [1.54, 1.807) is 0 Å². The molecule has 208 valence electrons. The van der Waals surface area contributed by atoms with Gasteiger partial charge in [0.15, 0.2) is 0 Å². The van der Waals surface area contributed by atoms with Gasteiger partial charge in [-0.15, -0.1) is 0 Å². The van der Waals surface area contributed by atoms with E-state index in [2.05, 4.69) is 148 Å². The summed E-state index contributed by atoms with van der Waals surface area (Å²) in [5.41, 5.74) is 17.7. The quantitative estimate of drug-likeness (QED) is 0.201. The van der Waals surface area contributed by atoms with Crippen molar-refractivity contribution in [2.45, 2.75) is 51.4 Å². The van der Waals surface area contributed by atoms with Crippen molar-refractivity contribution in [1.29, 1.82) is 0 Å². The molecule has 1 nitrogen and oxygen atoms in total. The van der Waals surface area contributed by atoms with Crippen LogP contribution in [0.15, 0.2) is 115 Å². The van der Waals surface area contributed by atoms with Gasteiger partial charge in [0.25, 0.3) is 0 Å². The lowest BCUT2D eigenvalue weighted by Gasteiger charge is -2.24. The van der Waals surface area contributed by atoms with Crippen molar-refractivity contribution in [3.63, 3.8) is 0 Å². The summed E-state index contributed by atoms with van der Waals surface area (Å²) in [4.78, 5) is 0. The van der Waals surface area contributed by atoms with Crippen LogP contribution >= 0.6 is 0 Å². The van der Waals surface area contributed by atoms with Crippen LogP contribution in [0.25, 0.3) is 55.3 Å². The minimum atomic E-state index is -0.111. The number of fused-ring (bicyclic) bond motifs is 9. The van der Waals surface area contributed by atoms with Gasteiger partial charge in [0, 0.05) is 27.3 Å². The van der Waals surface area contributed by atoms with Gasteiger partial charge < -0.3 is 4.57 Å². The summed E-state index contributed by atoms with van der Waals surface area (Å²) in [7, 11) is 0. The van der Waals surface area contributed by atoms with Crippen LogP contribution in [-0.2, 0) is 10.8 Å². The maximum atomic E-state index is 2.55. The van der Waals surface area contributed by atoms with Crippen LogP contribution in [-0.4, -0.2) is 4.57 Å². The minimum Gasteiger partial charge on any atom is -0.309 e. The molecule has 0 fully saturated rings. The minimum absolute atomic E-state index is 0.0511. The number of nitrogens with zero attached hydrogens (tertiary/aromatic N) is 1. The fourth-order valence-corrected chi connectivity index (χ4v) is 8.39. The van der Waals surface area contributed by atoms with E-state index in [0.717, 1.165) is 12.8 Å². The fourth-order valence-electron chi connectivity index (χ4n) is 8.39. The molecule has 1 heterocycles. The highest BCUT2D eigenvalue weighted by atomic mass is 15.0. The zero-order valence-corrected chi connectivity index (χ0v) is 25.3. The molecule has 9 rings (SSSR count). The van der Waals surface area contributed by atoms with Gasteiger partial charge in [0.2, 0.25) is 0 Å². The molecule has 5 aromatic carbocycles. The van der Waals surface area contributed by atoms with Gasteiger partial charge in [0.05, 0.1) is 11.0 Å². The van der Waals surface area contributed by atoms with Crippen LogP contribution in [0.1, 0.15) is 68.4 Å². The molecular formula is C42H35N. The Kier molecular flexibility index (Phi) is 4.92. The summed E-state index contributed by atoms with van der Waals surface area (Å²) in [5.74, 6) is 0. The number of hydrogen-bond donors (Lipinski definition) is 0. The van der Waals surface area contributed by atoms with Crippen molar-refractivity contribution >= 4 is 27.4 Å². The SMILES string of the molecule is CC1(C)c2cc(-n3c4ccccc4c4ccccc43)ccc2-c2cc3c(cc21)-c1c(C2=CCCC=C2)cccc1C3(C)C. The van der Waals surface area contributed by atoms with E-state index in [1.165, 1.54) is 83.1 Å². The predicted octanol–water partition coefficient (Wildman–Crippen LogP) is 11.1. The Balaban J connectivity index is 1.25. The molecule has 0 bridgehead atoms. The van der Waals surface area contributed by atoms with Crippen molar-refractivity contribution in [1.82, 2.24) is 4.57 Å². The molecule has 6 aromatic rings. The zero-order valence-electron chi connectivity index (χ0n) is 25.3. The first kappa shape index (κ1) is 24.9. The standard InChI is InChI=1S/C42H35N/c1-41(2)34-18-12-17-28(26-13-6-5-7-14-26)40(34)33-25-36-32(24-37(33)41)29-22-21-27(23-35(29)42(36,3)4)43-38-19-10-8-15-30(38)31-16-9-11-20-39(31)43/h6,8-25H,5,7H2,1-4H3. The first-order valence-electron chi connectivity index (χ1n) is 15.7. The average molecular weight is 554 g/mol. The van der Waals surface area contributed by atoms with Gasteiger partial charge in [-0.05, 0) is 105 Å². The molecule has 1 heteroatoms. The van der Waals surface area contributed by atoms with Crippen molar-refractivity contribution in [2.75, 3.05) is 0 Å². The van der Waals surface area contributed by atoms with E-state index in [4.69, 9.17) is 0 Å². The van der Waals surface area contributed by atoms with Crippen molar-refractivity contribution in [3.8, 4) is 27.9 Å². The van der Waals surface area contributed by atoms with Gasteiger partial charge in [-0.1, -0.05) is 107 Å². The van der Waals surface area contributed by atoms with Gasteiger partial charge in [-0.25, -0.2) is 0 Å². The number of allylic oxidation sites excluding steroid dienone is 4. The van der Waals surface area contributed by atoms with Gasteiger partial charge in [0.1, 0.15) is 0 Å². The van der Waals surface area contributed by atoms with E-state index in [-0.39, 0.29) is 10.8 Å². The molecule has 0 N–H and O–H groups in total. The van der Waals surface area contributed by atoms with Crippen LogP contribution in [0.4, 0.5) is 0 Å². The molecule has 0 amide bonds. The molecule has 3 aliphatic rings. The molecular weight excluding hydrogens is 518 g/mol. The lowest BCUT2D eigenvalue weighted by atomic mass is 9.79.